The van der Waals surface area contributed by atoms with E-state index in [1.807, 2.05) is 41.9 Å². The second-order valence-electron chi connectivity index (χ2n) is 6.34. The van der Waals surface area contributed by atoms with Gasteiger partial charge >= 0.3 is 12.0 Å². The predicted molar refractivity (Wildman–Crippen MR) is 106 cm³/mol. The zero-order valence-corrected chi connectivity index (χ0v) is 16.9. The summed E-state index contributed by atoms with van der Waals surface area (Å²) in [5, 5.41) is 14.6. The number of rotatable bonds is 7. The topological polar surface area (TPSA) is 98.1 Å². The molecule has 1 atom stereocenters. The number of ether oxygens (including phenoxy) is 1. The molecule has 0 radical (unpaired) electrons. The first kappa shape index (κ1) is 19.9. The first-order valence-corrected chi connectivity index (χ1v) is 10.0. The van der Waals surface area contributed by atoms with Gasteiger partial charge in [-0.25, -0.2) is 9.59 Å². The summed E-state index contributed by atoms with van der Waals surface area (Å²) in [6.45, 7) is 3.78. The van der Waals surface area contributed by atoms with E-state index >= 15 is 0 Å². The molecule has 0 aliphatic carbocycles. The Morgan fingerprint density at radius 1 is 1.29 bits per heavy atom. The van der Waals surface area contributed by atoms with Crippen LogP contribution in [0.15, 0.2) is 46.8 Å². The monoisotopic (exact) mass is 401 g/mol. The highest BCUT2D eigenvalue weighted by molar-refractivity contribution is 7.99. The third-order valence-corrected chi connectivity index (χ3v) is 5.39. The van der Waals surface area contributed by atoms with Crippen LogP contribution < -0.4 is 10.6 Å². The van der Waals surface area contributed by atoms with Gasteiger partial charge in [-0.3, -0.25) is 0 Å². The summed E-state index contributed by atoms with van der Waals surface area (Å²) in [7, 11) is 1.91. The van der Waals surface area contributed by atoms with Crippen molar-refractivity contribution in [2.24, 2.45) is 7.05 Å². The Bertz CT molecular complexity index is 894. The van der Waals surface area contributed by atoms with E-state index in [1.165, 1.54) is 11.8 Å². The van der Waals surface area contributed by atoms with E-state index in [4.69, 9.17) is 4.74 Å². The fraction of sp³-hybridized carbons (Fsp3) is 0.368. The quantitative estimate of drug-likeness (QED) is 0.544. The molecule has 2 heterocycles. The van der Waals surface area contributed by atoms with Crippen LogP contribution in [-0.2, 0) is 23.0 Å². The van der Waals surface area contributed by atoms with E-state index in [0.29, 0.717) is 28.6 Å². The third kappa shape index (κ3) is 4.53. The lowest BCUT2D eigenvalue weighted by Crippen LogP contribution is -2.49. The second kappa shape index (κ2) is 8.92. The molecule has 9 heteroatoms. The van der Waals surface area contributed by atoms with Crippen LogP contribution in [0.2, 0.25) is 0 Å². The van der Waals surface area contributed by atoms with E-state index in [2.05, 4.69) is 20.8 Å². The first-order chi connectivity index (χ1) is 13.5. The number of esters is 1. The molecule has 0 fully saturated rings. The first-order valence-electron chi connectivity index (χ1n) is 9.02. The lowest BCUT2D eigenvalue weighted by molar-refractivity contribution is -0.138. The van der Waals surface area contributed by atoms with E-state index in [9.17, 15) is 9.59 Å². The van der Waals surface area contributed by atoms with Crippen LogP contribution in [0.1, 0.15) is 25.2 Å². The smallest absolute Gasteiger partial charge is 0.337 e. The summed E-state index contributed by atoms with van der Waals surface area (Å²) in [6.07, 6.45) is 0.680. The van der Waals surface area contributed by atoms with Crippen molar-refractivity contribution in [2.45, 2.75) is 31.5 Å². The number of aromatic nitrogens is 3. The standard InChI is InChI=1S/C19H23N5O3S/c1-4-27-17(25)16-12(2)20-18(26)21-14(16)11-28-19-23-22-15(24(19)3)10-13-8-6-5-7-9-13/h5-9,12H,4,10-11H2,1-3H3,(H2,20,21,26)/t12-/m0/s1. The minimum Gasteiger partial charge on any atom is -0.463 e. The van der Waals surface area contributed by atoms with Crippen LogP contribution in [0.4, 0.5) is 4.79 Å². The minimum atomic E-state index is -0.430. The van der Waals surface area contributed by atoms with Gasteiger partial charge in [0.05, 0.1) is 18.2 Å². The van der Waals surface area contributed by atoms with Crippen LogP contribution in [0, 0.1) is 0 Å². The fourth-order valence-corrected chi connectivity index (χ4v) is 3.83. The van der Waals surface area contributed by atoms with Crippen molar-refractivity contribution in [3.05, 3.63) is 53.0 Å². The van der Waals surface area contributed by atoms with Gasteiger partial charge in [-0.2, -0.15) is 0 Å². The Kier molecular flexibility index (Phi) is 6.35. The molecule has 2 N–H and O–H groups in total. The van der Waals surface area contributed by atoms with Crippen LogP contribution in [-0.4, -0.2) is 45.2 Å². The SMILES string of the molecule is CCOC(=O)C1=C(CSc2nnc(Cc3ccccc3)n2C)NC(=O)N[C@H]1C. The number of nitrogens with zero attached hydrogens (tertiary/aromatic N) is 3. The molecule has 0 spiro atoms. The molecule has 1 aliphatic heterocycles. The number of carbonyl (C=O) groups is 2. The molecular formula is C19H23N5O3S. The van der Waals surface area contributed by atoms with Crippen molar-refractivity contribution < 1.29 is 14.3 Å². The lowest BCUT2D eigenvalue weighted by atomic mass is 10.1. The highest BCUT2D eigenvalue weighted by atomic mass is 32.2. The average molecular weight is 401 g/mol. The molecule has 28 heavy (non-hydrogen) atoms. The number of hydrogen-bond donors (Lipinski definition) is 2. The molecule has 0 saturated carbocycles. The molecule has 0 unspecified atom stereocenters. The van der Waals surface area contributed by atoms with Crippen molar-refractivity contribution in [1.82, 2.24) is 25.4 Å². The Labute approximate surface area is 167 Å². The van der Waals surface area contributed by atoms with Crippen molar-refractivity contribution in [3.63, 3.8) is 0 Å². The zero-order chi connectivity index (χ0) is 20.1. The van der Waals surface area contributed by atoms with Gasteiger partial charge in [-0.1, -0.05) is 42.1 Å². The fourth-order valence-electron chi connectivity index (χ4n) is 2.93. The minimum absolute atomic E-state index is 0.273. The van der Waals surface area contributed by atoms with Crippen molar-refractivity contribution in [3.8, 4) is 0 Å². The van der Waals surface area contributed by atoms with Gasteiger partial charge in [0.15, 0.2) is 5.16 Å². The van der Waals surface area contributed by atoms with E-state index in [0.717, 1.165) is 11.4 Å². The molecule has 0 saturated heterocycles. The molecule has 1 aromatic heterocycles. The third-order valence-electron chi connectivity index (χ3n) is 4.34. The Hall–Kier alpha value is -2.81. The molecule has 148 valence electrons. The van der Waals surface area contributed by atoms with E-state index in [-0.39, 0.29) is 12.6 Å². The van der Waals surface area contributed by atoms with Gasteiger partial charge in [0, 0.05) is 24.9 Å². The predicted octanol–water partition coefficient (Wildman–Crippen LogP) is 2.02. The number of amides is 2. The van der Waals surface area contributed by atoms with Crippen molar-refractivity contribution in [1.29, 1.82) is 0 Å². The van der Waals surface area contributed by atoms with Crippen LogP contribution in [0.25, 0.3) is 0 Å². The van der Waals surface area contributed by atoms with Gasteiger partial charge in [0.1, 0.15) is 5.82 Å². The zero-order valence-electron chi connectivity index (χ0n) is 16.1. The lowest BCUT2D eigenvalue weighted by Gasteiger charge is -2.26. The summed E-state index contributed by atoms with van der Waals surface area (Å²) in [5.41, 5.74) is 2.12. The highest BCUT2D eigenvalue weighted by Gasteiger charge is 2.29. The van der Waals surface area contributed by atoms with E-state index in [1.54, 1.807) is 13.8 Å². The van der Waals surface area contributed by atoms with Crippen LogP contribution in [0.3, 0.4) is 0 Å². The second-order valence-corrected chi connectivity index (χ2v) is 7.28. The summed E-state index contributed by atoms with van der Waals surface area (Å²) in [4.78, 5) is 24.1. The maximum atomic E-state index is 12.3. The maximum absolute atomic E-state index is 12.3. The van der Waals surface area contributed by atoms with Crippen molar-refractivity contribution in [2.75, 3.05) is 12.4 Å². The molecular weight excluding hydrogens is 378 g/mol. The molecule has 2 aromatic rings. The molecule has 1 aliphatic rings. The summed E-state index contributed by atoms with van der Waals surface area (Å²) < 4.78 is 7.06. The van der Waals surface area contributed by atoms with Crippen LogP contribution >= 0.6 is 11.8 Å². The van der Waals surface area contributed by atoms with Crippen LogP contribution in [0.5, 0.6) is 0 Å². The normalized spacial score (nSPS) is 16.5. The van der Waals surface area contributed by atoms with Gasteiger partial charge in [-0.15, -0.1) is 10.2 Å². The average Bonchev–Trinajstić information content (AvgIpc) is 3.00. The van der Waals surface area contributed by atoms with Crippen molar-refractivity contribution >= 4 is 23.8 Å². The Balaban J connectivity index is 1.75. The maximum Gasteiger partial charge on any atom is 0.337 e. The van der Waals surface area contributed by atoms with Gasteiger partial charge < -0.3 is 19.9 Å². The van der Waals surface area contributed by atoms with Gasteiger partial charge in [0.2, 0.25) is 0 Å². The Morgan fingerprint density at radius 3 is 2.75 bits per heavy atom. The number of thioether (sulfide) groups is 1. The summed E-state index contributed by atoms with van der Waals surface area (Å²) >= 11 is 1.41. The number of hydrogen-bond acceptors (Lipinski definition) is 6. The summed E-state index contributed by atoms with van der Waals surface area (Å²) in [5.74, 6) is 0.792. The molecule has 3 rings (SSSR count). The van der Waals surface area contributed by atoms with E-state index < -0.39 is 12.0 Å². The van der Waals surface area contributed by atoms with Gasteiger partial charge in [0.25, 0.3) is 0 Å². The highest BCUT2D eigenvalue weighted by Crippen LogP contribution is 2.23. The number of nitrogens with one attached hydrogen (secondary N) is 2. The molecule has 1 aromatic carbocycles. The Morgan fingerprint density at radius 2 is 2.04 bits per heavy atom. The molecule has 0 bridgehead atoms. The summed E-state index contributed by atoms with van der Waals surface area (Å²) in [6, 6.07) is 9.30. The largest absolute Gasteiger partial charge is 0.463 e. The molecule has 2 amide bonds. The number of urea groups is 1. The number of carbonyl (C=O) groups excluding carboxylic acids is 2. The van der Waals surface area contributed by atoms with Gasteiger partial charge in [-0.05, 0) is 19.4 Å². The number of benzene rings is 1. The molecule has 8 nitrogen and oxygen atoms in total.